The van der Waals surface area contributed by atoms with Crippen LogP contribution in [-0.4, -0.2) is 27.5 Å². The number of amides is 2. The molecular formula is C26H23ClFN3O3S. The second kappa shape index (κ2) is 10.8. The van der Waals surface area contributed by atoms with Crippen LogP contribution in [0.3, 0.4) is 0 Å². The third kappa shape index (κ3) is 6.09. The predicted octanol–water partition coefficient (Wildman–Crippen LogP) is 6.04. The van der Waals surface area contributed by atoms with Crippen molar-refractivity contribution in [2.75, 3.05) is 22.7 Å². The third-order valence-electron chi connectivity index (χ3n) is 5.35. The van der Waals surface area contributed by atoms with Crippen LogP contribution in [0.15, 0.2) is 95.9 Å². The SMILES string of the molecule is O=C(NCCCN(c1ccc(F)cc1)S(=O)(=O)c1ccc2ccccc2c1)Nc1ccc(Cl)cc1. The number of nitrogens with zero attached hydrogens (tertiary/aromatic N) is 1. The molecule has 4 aromatic rings. The van der Waals surface area contributed by atoms with Gasteiger partial charge in [-0.2, -0.15) is 0 Å². The van der Waals surface area contributed by atoms with Gasteiger partial charge in [-0.3, -0.25) is 4.31 Å². The summed E-state index contributed by atoms with van der Waals surface area (Å²) in [4.78, 5) is 12.3. The van der Waals surface area contributed by atoms with Crippen LogP contribution in [0, 0.1) is 5.82 Å². The van der Waals surface area contributed by atoms with Crippen LogP contribution in [0.1, 0.15) is 6.42 Å². The van der Waals surface area contributed by atoms with Gasteiger partial charge in [-0.1, -0.05) is 41.9 Å². The van der Waals surface area contributed by atoms with Crippen molar-refractivity contribution >= 4 is 49.8 Å². The summed E-state index contributed by atoms with van der Waals surface area (Å²) in [6.45, 7) is 0.312. The van der Waals surface area contributed by atoms with Gasteiger partial charge in [0.05, 0.1) is 10.6 Å². The summed E-state index contributed by atoms with van der Waals surface area (Å²) in [5.74, 6) is -0.461. The highest BCUT2D eigenvalue weighted by atomic mass is 35.5. The molecule has 0 radical (unpaired) electrons. The second-order valence-corrected chi connectivity index (χ2v) is 10.1. The maximum Gasteiger partial charge on any atom is 0.319 e. The minimum absolute atomic E-state index is 0.0853. The highest BCUT2D eigenvalue weighted by Gasteiger charge is 2.25. The van der Waals surface area contributed by atoms with Crippen molar-refractivity contribution < 1.29 is 17.6 Å². The lowest BCUT2D eigenvalue weighted by Crippen LogP contribution is -2.35. The van der Waals surface area contributed by atoms with Crippen LogP contribution < -0.4 is 14.9 Å². The number of anilines is 2. The van der Waals surface area contributed by atoms with Crippen LogP contribution in [0.2, 0.25) is 5.02 Å². The van der Waals surface area contributed by atoms with E-state index in [9.17, 15) is 17.6 Å². The Morgan fingerprint density at radius 3 is 2.29 bits per heavy atom. The Labute approximate surface area is 208 Å². The number of hydrogen-bond donors (Lipinski definition) is 2. The second-order valence-electron chi connectivity index (χ2n) is 7.80. The summed E-state index contributed by atoms with van der Waals surface area (Å²) in [6.07, 6.45) is 0.332. The van der Waals surface area contributed by atoms with Gasteiger partial charge >= 0.3 is 6.03 Å². The molecule has 2 amide bonds. The topological polar surface area (TPSA) is 78.5 Å². The average Bonchev–Trinajstić information content (AvgIpc) is 2.86. The summed E-state index contributed by atoms with van der Waals surface area (Å²) < 4.78 is 41.9. The van der Waals surface area contributed by atoms with Gasteiger partial charge in [0.25, 0.3) is 10.0 Å². The van der Waals surface area contributed by atoms with Crippen LogP contribution in [0.4, 0.5) is 20.6 Å². The molecule has 0 atom stereocenters. The van der Waals surface area contributed by atoms with Gasteiger partial charge in [0, 0.05) is 23.8 Å². The number of carbonyl (C=O) groups is 1. The highest BCUT2D eigenvalue weighted by Crippen LogP contribution is 2.27. The Bertz CT molecular complexity index is 1430. The maximum atomic E-state index is 13.6. The summed E-state index contributed by atoms with van der Waals surface area (Å²) in [5, 5.41) is 7.68. The van der Waals surface area contributed by atoms with E-state index in [0.29, 0.717) is 22.8 Å². The zero-order chi connectivity index (χ0) is 24.8. The van der Waals surface area contributed by atoms with E-state index in [2.05, 4.69) is 10.6 Å². The van der Waals surface area contributed by atoms with Crippen LogP contribution in [0.5, 0.6) is 0 Å². The molecule has 6 nitrogen and oxygen atoms in total. The van der Waals surface area contributed by atoms with E-state index in [1.54, 1.807) is 42.5 Å². The molecule has 0 heterocycles. The number of fused-ring (bicyclic) bond motifs is 1. The van der Waals surface area contributed by atoms with E-state index in [1.165, 1.54) is 28.6 Å². The van der Waals surface area contributed by atoms with Crippen molar-refractivity contribution in [2.45, 2.75) is 11.3 Å². The van der Waals surface area contributed by atoms with Crippen LogP contribution in [-0.2, 0) is 10.0 Å². The molecule has 0 bridgehead atoms. The van der Waals surface area contributed by atoms with E-state index >= 15 is 0 Å². The zero-order valence-corrected chi connectivity index (χ0v) is 20.2. The van der Waals surface area contributed by atoms with Gasteiger partial charge < -0.3 is 10.6 Å². The molecule has 0 aliphatic carbocycles. The Morgan fingerprint density at radius 1 is 0.886 bits per heavy atom. The van der Waals surface area contributed by atoms with Crippen LogP contribution in [0.25, 0.3) is 10.8 Å². The van der Waals surface area contributed by atoms with Gasteiger partial charge in [-0.05, 0) is 77.9 Å². The Kier molecular flexibility index (Phi) is 7.53. The van der Waals surface area contributed by atoms with Gasteiger partial charge in [-0.25, -0.2) is 17.6 Å². The van der Waals surface area contributed by atoms with Crippen LogP contribution >= 0.6 is 11.6 Å². The van der Waals surface area contributed by atoms with E-state index < -0.39 is 21.9 Å². The molecule has 0 aliphatic heterocycles. The van der Waals surface area contributed by atoms with Gasteiger partial charge in [-0.15, -0.1) is 0 Å². The van der Waals surface area contributed by atoms with E-state index in [1.807, 2.05) is 24.3 Å². The third-order valence-corrected chi connectivity index (χ3v) is 7.42. The predicted molar refractivity (Wildman–Crippen MR) is 138 cm³/mol. The van der Waals surface area contributed by atoms with Gasteiger partial charge in [0.2, 0.25) is 0 Å². The first-order valence-corrected chi connectivity index (χ1v) is 12.7. The first kappa shape index (κ1) is 24.5. The molecular weight excluding hydrogens is 489 g/mol. The summed E-state index contributed by atoms with van der Waals surface area (Å²) in [6, 6.07) is 24.0. The quantitative estimate of drug-likeness (QED) is 0.283. The molecule has 0 fully saturated rings. The van der Waals surface area contributed by atoms with Gasteiger partial charge in [0.1, 0.15) is 5.82 Å². The summed E-state index contributed by atoms with van der Waals surface area (Å²) >= 11 is 5.85. The largest absolute Gasteiger partial charge is 0.338 e. The first-order chi connectivity index (χ1) is 16.8. The first-order valence-electron chi connectivity index (χ1n) is 10.9. The molecule has 180 valence electrons. The molecule has 0 spiro atoms. The van der Waals surface area contributed by atoms with E-state index in [-0.39, 0.29) is 18.0 Å². The molecule has 0 aliphatic rings. The minimum Gasteiger partial charge on any atom is -0.338 e. The molecule has 4 rings (SSSR count). The minimum atomic E-state index is -3.94. The average molecular weight is 512 g/mol. The lowest BCUT2D eigenvalue weighted by molar-refractivity contribution is 0.252. The normalized spacial score (nSPS) is 11.3. The van der Waals surface area contributed by atoms with Crippen molar-refractivity contribution in [3.8, 4) is 0 Å². The standard InChI is InChI=1S/C26H23ClFN3O3S/c27-21-7-11-23(12-8-21)30-26(32)29-16-3-17-31(24-13-9-22(28)10-14-24)35(33,34)25-15-6-19-4-1-2-5-20(19)18-25/h1-2,4-15,18H,3,16-17H2,(H2,29,30,32). The number of rotatable bonds is 8. The number of urea groups is 1. The number of benzene rings is 4. The molecule has 0 saturated heterocycles. The molecule has 0 saturated carbocycles. The lowest BCUT2D eigenvalue weighted by atomic mass is 10.1. The lowest BCUT2D eigenvalue weighted by Gasteiger charge is -2.25. The Morgan fingerprint density at radius 2 is 1.57 bits per heavy atom. The molecule has 4 aromatic carbocycles. The number of hydrogen-bond acceptors (Lipinski definition) is 3. The molecule has 0 aromatic heterocycles. The molecule has 0 unspecified atom stereocenters. The fraction of sp³-hybridized carbons (Fsp3) is 0.115. The number of nitrogens with one attached hydrogen (secondary N) is 2. The smallest absolute Gasteiger partial charge is 0.319 e. The molecule has 35 heavy (non-hydrogen) atoms. The van der Waals surface area contributed by atoms with Crippen molar-refractivity contribution in [1.82, 2.24) is 5.32 Å². The summed E-state index contributed by atoms with van der Waals surface area (Å²) in [7, 11) is -3.94. The number of sulfonamides is 1. The van der Waals surface area contributed by atoms with Crippen molar-refractivity contribution in [3.05, 3.63) is 102 Å². The Hall–Kier alpha value is -3.62. The summed E-state index contributed by atoms with van der Waals surface area (Å²) in [5.41, 5.74) is 0.920. The van der Waals surface area contributed by atoms with Gasteiger partial charge in [0.15, 0.2) is 0 Å². The monoisotopic (exact) mass is 511 g/mol. The molecule has 9 heteroatoms. The van der Waals surface area contributed by atoms with Crippen molar-refractivity contribution in [3.63, 3.8) is 0 Å². The van der Waals surface area contributed by atoms with E-state index in [0.717, 1.165) is 10.8 Å². The zero-order valence-electron chi connectivity index (χ0n) is 18.6. The molecule has 2 N–H and O–H groups in total. The van der Waals surface area contributed by atoms with E-state index in [4.69, 9.17) is 11.6 Å². The number of halogens is 2. The Balaban J connectivity index is 1.48. The van der Waals surface area contributed by atoms with Crippen molar-refractivity contribution in [1.29, 1.82) is 0 Å². The fourth-order valence-electron chi connectivity index (χ4n) is 3.58. The number of carbonyl (C=O) groups excluding carboxylic acids is 1. The van der Waals surface area contributed by atoms with Crippen molar-refractivity contribution in [2.24, 2.45) is 0 Å². The highest BCUT2D eigenvalue weighted by molar-refractivity contribution is 7.92. The fourth-order valence-corrected chi connectivity index (χ4v) is 5.25. The maximum absolute atomic E-state index is 13.6.